The molecule has 100 valence electrons. The van der Waals surface area contributed by atoms with Crippen LogP contribution in [0.25, 0.3) is 0 Å². The van der Waals surface area contributed by atoms with Gasteiger partial charge in [-0.25, -0.2) is 0 Å². The summed E-state index contributed by atoms with van der Waals surface area (Å²) in [6.45, 7) is 6.34. The molecule has 2 nitrogen and oxygen atoms in total. The highest BCUT2D eigenvalue weighted by Gasteiger charge is 2.16. The van der Waals surface area contributed by atoms with Gasteiger partial charge < -0.3 is 10.6 Å². The number of benzene rings is 1. The highest BCUT2D eigenvalue weighted by molar-refractivity contribution is 5.51. The monoisotopic (exact) mass is 246 g/mol. The van der Waals surface area contributed by atoms with Gasteiger partial charge >= 0.3 is 0 Å². The maximum absolute atomic E-state index is 5.86. The molecule has 0 amide bonds. The average molecular weight is 246 g/mol. The third-order valence-electron chi connectivity index (χ3n) is 4.28. The standard InChI is InChI=1S/C16H26N2/c1-12(2)15(10-17)11-18(3)16-8-7-13-5-4-6-14(13)9-16/h7-9,12,15H,4-6,10-11,17H2,1-3H3. The van der Waals surface area contributed by atoms with Crippen LogP contribution in [0.15, 0.2) is 18.2 Å². The summed E-state index contributed by atoms with van der Waals surface area (Å²) in [5, 5.41) is 0. The van der Waals surface area contributed by atoms with Crippen molar-refractivity contribution in [1.82, 2.24) is 0 Å². The van der Waals surface area contributed by atoms with E-state index in [0.717, 1.165) is 13.1 Å². The third kappa shape index (κ3) is 2.86. The quantitative estimate of drug-likeness (QED) is 0.865. The molecule has 0 spiro atoms. The Bertz CT molecular complexity index is 398. The zero-order valence-corrected chi connectivity index (χ0v) is 11.9. The first-order chi connectivity index (χ1) is 8.61. The summed E-state index contributed by atoms with van der Waals surface area (Å²) in [6, 6.07) is 6.94. The summed E-state index contributed by atoms with van der Waals surface area (Å²) in [4.78, 5) is 2.36. The molecular weight excluding hydrogens is 220 g/mol. The molecule has 0 bridgehead atoms. The second-order valence-electron chi connectivity index (χ2n) is 5.93. The minimum absolute atomic E-state index is 0.572. The van der Waals surface area contributed by atoms with E-state index >= 15 is 0 Å². The van der Waals surface area contributed by atoms with Gasteiger partial charge in [-0.05, 0) is 60.9 Å². The molecule has 1 atom stereocenters. The summed E-state index contributed by atoms with van der Waals surface area (Å²) >= 11 is 0. The van der Waals surface area contributed by atoms with E-state index in [1.807, 2.05) is 0 Å². The lowest BCUT2D eigenvalue weighted by atomic mass is 9.95. The molecule has 0 fully saturated rings. The Balaban J connectivity index is 2.06. The topological polar surface area (TPSA) is 29.3 Å². The van der Waals surface area contributed by atoms with Gasteiger partial charge in [0.05, 0.1) is 0 Å². The second kappa shape index (κ2) is 5.75. The minimum atomic E-state index is 0.572. The number of anilines is 1. The average Bonchev–Trinajstić information content (AvgIpc) is 2.82. The molecular formula is C16H26N2. The van der Waals surface area contributed by atoms with Gasteiger partial charge in [-0.15, -0.1) is 0 Å². The molecule has 2 N–H and O–H groups in total. The smallest absolute Gasteiger partial charge is 0.0366 e. The fourth-order valence-electron chi connectivity index (χ4n) is 2.81. The van der Waals surface area contributed by atoms with E-state index in [9.17, 15) is 0 Å². The van der Waals surface area contributed by atoms with E-state index in [2.05, 4.69) is 44.0 Å². The number of nitrogens with two attached hydrogens (primary N) is 1. The van der Waals surface area contributed by atoms with Gasteiger partial charge in [0, 0.05) is 19.3 Å². The number of aryl methyl sites for hydroxylation is 2. The Morgan fingerprint density at radius 2 is 1.94 bits per heavy atom. The maximum Gasteiger partial charge on any atom is 0.0366 e. The maximum atomic E-state index is 5.86. The van der Waals surface area contributed by atoms with Crippen LogP contribution in [0.4, 0.5) is 5.69 Å². The van der Waals surface area contributed by atoms with Crippen molar-refractivity contribution in [2.75, 3.05) is 25.0 Å². The normalized spacial score (nSPS) is 15.8. The van der Waals surface area contributed by atoms with Crippen LogP contribution in [0.1, 0.15) is 31.4 Å². The molecule has 1 aliphatic carbocycles. The Kier molecular flexibility index (Phi) is 4.28. The van der Waals surface area contributed by atoms with E-state index in [1.165, 1.54) is 24.9 Å². The minimum Gasteiger partial charge on any atom is -0.374 e. The number of fused-ring (bicyclic) bond motifs is 1. The molecule has 0 aromatic heterocycles. The van der Waals surface area contributed by atoms with E-state index in [4.69, 9.17) is 5.73 Å². The molecule has 0 saturated heterocycles. The van der Waals surface area contributed by atoms with Gasteiger partial charge in [0.2, 0.25) is 0 Å². The lowest BCUT2D eigenvalue weighted by Crippen LogP contribution is -2.33. The van der Waals surface area contributed by atoms with Crippen LogP contribution < -0.4 is 10.6 Å². The first-order valence-corrected chi connectivity index (χ1v) is 7.14. The van der Waals surface area contributed by atoms with E-state index in [1.54, 1.807) is 11.1 Å². The molecule has 2 heteroatoms. The van der Waals surface area contributed by atoms with Crippen molar-refractivity contribution in [2.45, 2.75) is 33.1 Å². The van der Waals surface area contributed by atoms with Crippen LogP contribution >= 0.6 is 0 Å². The van der Waals surface area contributed by atoms with E-state index in [0.29, 0.717) is 11.8 Å². The molecule has 0 heterocycles. The van der Waals surface area contributed by atoms with Crippen LogP contribution in [0.5, 0.6) is 0 Å². The molecule has 1 aromatic rings. The van der Waals surface area contributed by atoms with Crippen molar-refractivity contribution < 1.29 is 0 Å². The van der Waals surface area contributed by atoms with Crippen LogP contribution in [-0.2, 0) is 12.8 Å². The summed E-state index contributed by atoms with van der Waals surface area (Å²) in [5.74, 6) is 1.22. The van der Waals surface area contributed by atoms with E-state index in [-0.39, 0.29) is 0 Å². The largest absolute Gasteiger partial charge is 0.374 e. The third-order valence-corrected chi connectivity index (χ3v) is 4.28. The fraction of sp³-hybridized carbons (Fsp3) is 0.625. The SMILES string of the molecule is CC(C)C(CN)CN(C)c1ccc2c(c1)CCC2. The molecule has 0 aliphatic heterocycles. The van der Waals surface area contributed by atoms with Crippen LogP contribution in [-0.4, -0.2) is 20.1 Å². The van der Waals surface area contributed by atoms with Crippen molar-refractivity contribution in [3.8, 4) is 0 Å². The van der Waals surface area contributed by atoms with Crippen molar-refractivity contribution in [2.24, 2.45) is 17.6 Å². The van der Waals surface area contributed by atoms with Crippen LogP contribution in [0, 0.1) is 11.8 Å². The molecule has 2 rings (SSSR count). The van der Waals surface area contributed by atoms with E-state index < -0.39 is 0 Å². The predicted octanol–water partition coefficient (Wildman–Crippen LogP) is 2.84. The van der Waals surface area contributed by atoms with Gasteiger partial charge in [0.1, 0.15) is 0 Å². The predicted molar refractivity (Wildman–Crippen MR) is 79.1 cm³/mol. The first kappa shape index (κ1) is 13.4. The molecule has 1 aliphatic rings. The van der Waals surface area contributed by atoms with Gasteiger partial charge in [0.15, 0.2) is 0 Å². The highest BCUT2D eigenvalue weighted by Crippen LogP contribution is 2.27. The summed E-state index contributed by atoms with van der Waals surface area (Å²) in [7, 11) is 2.18. The van der Waals surface area contributed by atoms with Crippen molar-refractivity contribution >= 4 is 5.69 Å². The van der Waals surface area contributed by atoms with Crippen LogP contribution in [0.3, 0.4) is 0 Å². The number of hydrogen-bond donors (Lipinski definition) is 1. The Hall–Kier alpha value is -1.02. The molecule has 0 radical (unpaired) electrons. The number of rotatable bonds is 5. The summed E-state index contributed by atoms with van der Waals surface area (Å²) in [6.07, 6.45) is 3.83. The van der Waals surface area contributed by atoms with Gasteiger partial charge in [-0.2, -0.15) is 0 Å². The molecule has 1 unspecified atom stereocenters. The lowest BCUT2D eigenvalue weighted by Gasteiger charge is -2.27. The zero-order valence-electron chi connectivity index (χ0n) is 11.9. The Morgan fingerprint density at radius 1 is 1.22 bits per heavy atom. The summed E-state index contributed by atoms with van der Waals surface area (Å²) < 4.78 is 0. The Labute approximate surface area is 111 Å². The molecule has 0 saturated carbocycles. The highest BCUT2D eigenvalue weighted by atomic mass is 15.1. The zero-order chi connectivity index (χ0) is 13.1. The van der Waals surface area contributed by atoms with Crippen molar-refractivity contribution in [1.29, 1.82) is 0 Å². The van der Waals surface area contributed by atoms with Crippen LogP contribution in [0.2, 0.25) is 0 Å². The van der Waals surface area contributed by atoms with Gasteiger partial charge in [-0.3, -0.25) is 0 Å². The summed E-state index contributed by atoms with van der Waals surface area (Å²) in [5.41, 5.74) is 10.3. The molecule has 18 heavy (non-hydrogen) atoms. The van der Waals surface area contributed by atoms with Crippen molar-refractivity contribution in [3.05, 3.63) is 29.3 Å². The fourth-order valence-corrected chi connectivity index (χ4v) is 2.81. The van der Waals surface area contributed by atoms with Gasteiger partial charge in [-0.1, -0.05) is 19.9 Å². The molecule has 1 aromatic carbocycles. The van der Waals surface area contributed by atoms with Crippen molar-refractivity contribution in [3.63, 3.8) is 0 Å². The van der Waals surface area contributed by atoms with Gasteiger partial charge in [0.25, 0.3) is 0 Å². The lowest BCUT2D eigenvalue weighted by molar-refractivity contribution is 0.398. The first-order valence-electron chi connectivity index (χ1n) is 7.14. The Morgan fingerprint density at radius 3 is 2.61 bits per heavy atom. The number of hydrogen-bond acceptors (Lipinski definition) is 2. The second-order valence-corrected chi connectivity index (χ2v) is 5.93. The number of nitrogens with zero attached hydrogens (tertiary/aromatic N) is 1.